The van der Waals surface area contributed by atoms with Gasteiger partial charge in [-0.25, -0.2) is 0 Å². The van der Waals surface area contributed by atoms with Crippen molar-refractivity contribution in [3.8, 4) is 5.75 Å². The van der Waals surface area contributed by atoms with Gasteiger partial charge in [0.1, 0.15) is 11.8 Å². The normalized spacial score (nSPS) is 18.1. The van der Waals surface area contributed by atoms with E-state index in [-0.39, 0.29) is 11.9 Å². The number of hydrogen-bond acceptors (Lipinski definition) is 3. The first-order chi connectivity index (χ1) is 7.76. The monoisotopic (exact) mass is 220 g/mol. The minimum atomic E-state index is -0.250. The highest BCUT2D eigenvalue weighted by Gasteiger charge is 2.29. The van der Waals surface area contributed by atoms with Crippen LogP contribution in [0.2, 0.25) is 0 Å². The van der Waals surface area contributed by atoms with E-state index in [1.807, 2.05) is 32.0 Å². The van der Waals surface area contributed by atoms with Gasteiger partial charge in [0.25, 0.3) is 0 Å². The highest BCUT2D eigenvalue weighted by atomic mass is 16.5. The molecule has 2 rings (SSSR count). The fourth-order valence-corrected chi connectivity index (χ4v) is 1.90. The van der Waals surface area contributed by atoms with Gasteiger partial charge in [0.15, 0.2) is 0 Å². The summed E-state index contributed by atoms with van der Waals surface area (Å²) >= 11 is 0. The summed E-state index contributed by atoms with van der Waals surface area (Å²) in [7, 11) is 0. The Kier molecular flexibility index (Phi) is 3.10. The molecule has 0 bridgehead atoms. The van der Waals surface area contributed by atoms with Gasteiger partial charge in [0.2, 0.25) is 5.91 Å². The maximum atomic E-state index is 11.7. The van der Waals surface area contributed by atoms with Gasteiger partial charge in [-0.2, -0.15) is 0 Å². The van der Waals surface area contributed by atoms with Crippen LogP contribution in [0.4, 0.5) is 5.69 Å². The molecule has 0 fully saturated rings. The van der Waals surface area contributed by atoms with Crippen molar-refractivity contribution in [3.05, 3.63) is 23.8 Å². The SMILES string of the molecule is CCNC1C(=O)Nc2ccc(OCC)cc21. The van der Waals surface area contributed by atoms with Crippen molar-refractivity contribution < 1.29 is 9.53 Å². The van der Waals surface area contributed by atoms with Crippen LogP contribution in [0.1, 0.15) is 25.5 Å². The van der Waals surface area contributed by atoms with Crippen molar-refractivity contribution in [1.29, 1.82) is 0 Å². The van der Waals surface area contributed by atoms with Crippen molar-refractivity contribution in [3.63, 3.8) is 0 Å². The molecule has 1 aromatic rings. The average Bonchev–Trinajstić information content (AvgIpc) is 2.57. The highest BCUT2D eigenvalue weighted by molar-refractivity contribution is 6.02. The molecule has 1 unspecified atom stereocenters. The molecule has 0 radical (unpaired) electrons. The van der Waals surface area contributed by atoms with Gasteiger partial charge in [0.05, 0.1) is 6.61 Å². The molecule has 1 aliphatic rings. The average molecular weight is 220 g/mol. The molecule has 0 saturated heterocycles. The van der Waals surface area contributed by atoms with Crippen molar-refractivity contribution >= 4 is 11.6 Å². The topological polar surface area (TPSA) is 50.4 Å². The quantitative estimate of drug-likeness (QED) is 0.811. The third-order valence-electron chi connectivity index (χ3n) is 2.57. The van der Waals surface area contributed by atoms with Crippen LogP contribution in [0.15, 0.2) is 18.2 Å². The third-order valence-corrected chi connectivity index (χ3v) is 2.57. The molecule has 86 valence electrons. The number of likely N-dealkylation sites (N-methyl/N-ethyl adjacent to an activating group) is 1. The molecule has 0 spiro atoms. The number of amides is 1. The van der Waals surface area contributed by atoms with Crippen LogP contribution >= 0.6 is 0 Å². The van der Waals surface area contributed by atoms with Crippen LogP contribution in [-0.2, 0) is 4.79 Å². The first-order valence-corrected chi connectivity index (χ1v) is 5.57. The minimum Gasteiger partial charge on any atom is -0.494 e. The maximum absolute atomic E-state index is 11.7. The van der Waals surface area contributed by atoms with Crippen LogP contribution in [0.25, 0.3) is 0 Å². The Morgan fingerprint density at radius 1 is 1.44 bits per heavy atom. The van der Waals surface area contributed by atoms with Gasteiger partial charge in [-0.3, -0.25) is 4.79 Å². The Labute approximate surface area is 95.0 Å². The molecule has 1 heterocycles. The molecular weight excluding hydrogens is 204 g/mol. The lowest BCUT2D eigenvalue weighted by molar-refractivity contribution is -0.117. The van der Waals surface area contributed by atoms with E-state index in [4.69, 9.17) is 4.74 Å². The number of carbonyl (C=O) groups excluding carboxylic acids is 1. The van der Waals surface area contributed by atoms with Crippen LogP contribution in [0.5, 0.6) is 5.75 Å². The highest BCUT2D eigenvalue weighted by Crippen LogP contribution is 2.33. The maximum Gasteiger partial charge on any atom is 0.246 e. The minimum absolute atomic E-state index is 0.00509. The third kappa shape index (κ3) is 1.88. The second kappa shape index (κ2) is 4.53. The molecule has 0 saturated carbocycles. The van der Waals surface area contributed by atoms with Crippen molar-refractivity contribution in [1.82, 2.24) is 5.32 Å². The Balaban J connectivity index is 2.30. The fourth-order valence-electron chi connectivity index (χ4n) is 1.90. The molecule has 1 aromatic carbocycles. The molecule has 16 heavy (non-hydrogen) atoms. The summed E-state index contributed by atoms with van der Waals surface area (Å²) in [6, 6.07) is 5.43. The predicted molar refractivity (Wildman–Crippen MR) is 62.7 cm³/mol. The summed E-state index contributed by atoms with van der Waals surface area (Å²) < 4.78 is 5.43. The summed E-state index contributed by atoms with van der Waals surface area (Å²) in [6.45, 7) is 5.32. The molecule has 0 aromatic heterocycles. The van der Waals surface area contributed by atoms with Crippen LogP contribution in [0, 0.1) is 0 Å². The summed E-state index contributed by atoms with van der Waals surface area (Å²) in [5.41, 5.74) is 1.84. The van der Waals surface area contributed by atoms with Crippen molar-refractivity contribution in [2.75, 3.05) is 18.5 Å². The van der Waals surface area contributed by atoms with Crippen LogP contribution < -0.4 is 15.4 Å². The molecule has 1 amide bonds. The van der Waals surface area contributed by atoms with E-state index in [2.05, 4.69) is 10.6 Å². The van der Waals surface area contributed by atoms with E-state index in [0.29, 0.717) is 6.61 Å². The predicted octanol–water partition coefficient (Wildman–Crippen LogP) is 1.69. The molecule has 4 nitrogen and oxygen atoms in total. The summed E-state index contributed by atoms with van der Waals surface area (Å²) in [5.74, 6) is 0.811. The standard InChI is InChI=1S/C12H16N2O2/c1-3-13-11-9-7-8(16-4-2)5-6-10(9)14-12(11)15/h5-7,11,13H,3-4H2,1-2H3,(H,14,15). The van der Waals surface area contributed by atoms with Gasteiger partial charge >= 0.3 is 0 Å². The Hall–Kier alpha value is -1.55. The molecule has 1 aliphatic heterocycles. The molecule has 1 atom stereocenters. The number of anilines is 1. The van der Waals surface area contributed by atoms with Gasteiger partial charge in [0, 0.05) is 11.3 Å². The summed E-state index contributed by atoms with van der Waals surface area (Å²) in [5, 5.41) is 6.00. The Bertz CT molecular complexity index is 404. The summed E-state index contributed by atoms with van der Waals surface area (Å²) in [4.78, 5) is 11.7. The first kappa shape index (κ1) is 11.0. The largest absolute Gasteiger partial charge is 0.494 e. The second-order valence-electron chi connectivity index (χ2n) is 3.66. The zero-order valence-electron chi connectivity index (χ0n) is 9.54. The number of nitrogens with one attached hydrogen (secondary N) is 2. The second-order valence-corrected chi connectivity index (χ2v) is 3.66. The van der Waals surface area contributed by atoms with Gasteiger partial charge < -0.3 is 15.4 Å². The zero-order valence-corrected chi connectivity index (χ0v) is 9.54. The molecule has 2 N–H and O–H groups in total. The number of rotatable bonds is 4. The Morgan fingerprint density at radius 2 is 2.25 bits per heavy atom. The van der Waals surface area contributed by atoms with Gasteiger partial charge in [-0.1, -0.05) is 6.92 Å². The lowest BCUT2D eigenvalue weighted by Crippen LogP contribution is -2.27. The number of benzene rings is 1. The molecule has 4 heteroatoms. The smallest absolute Gasteiger partial charge is 0.246 e. The van der Waals surface area contributed by atoms with Crippen molar-refractivity contribution in [2.24, 2.45) is 0 Å². The first-order valence-electron chi connectivity index (χ1n) is 5.57. The molecular formula is C12H16N2O2. The van der Waals surface area contributed by atoms with Crippen molar-refractivity contribution in [2.45, 2.75) is 19.9 Å². The van der Waals surface area contributed by atoms with Gasteiger partial charge in [-0.15, -0.1) is 0 Å². The molecule has 0 aliphatic carbocycles. The number of ether oxygens (including phenoxy) is 1. The van der Waals surface area contributed by atoms with Crippen LogP contribution in [-0.4, -0.2) is 19.1 Å². The number of hydrogen-bond donors (Lipinski definition) is 2. The Morgan fingerprint density at radius 3 is 2.94 bits per heavy atom. The number of fused-ring (bicyclic) bond motifs is 1. The van der Waals surface area contributed by atoms with Gasteiger partial charge in [-0.05, 0) is 31.7 Å². The van der Waals surface area contributed by atoms with E-state index < -0.39 is 0 Å². The van der Waals surface area contributed by atoms with E-state index in [1.54, 1.807) is 0 Å². The number of carbonyl (C=O) groups is 1. The van der Waals surface area contributed by atoms with E-state index >= 15 is 0 Å². The fraction of sp³-hybridized carbons (Fsp3) is 0.417. The van der Waals surface area contributed by atoms with E-state index in [1.165, 1.54) is 0 Å². The van der Waals surface area contributed by atoms with E-state index in [0.717, 1.165) is 23.5 Å². The van der Waals surface area contributed by atoms with E-state index in [9.17, 15) is 4.79 Å². The van der Waals surface area contributed by atoms with Crippen LogP contribution in [0.3, 0.4) is 0 Å². The zero-order chi connectivity index (χ0) is 11.5. The lowest BCUT2D eigenvalue weighted by Gasteiger charge is -2.10. The lowest BCUT2D eigenvalue weighted by atomic mass is 10.1. The summed E-state index contributed by atoms with van der Waals surface area (Å²) in [6.07, 6.45) is 0.